The lowest BCUT2D eigenvalue weighted by atomic mass is 9.79. The number of anilines is 2. The Labute approximate surface area is 129 Å². The average Bonchev–Trinajstić information content (AvgIpc) is 3.07. The molecule has 0 bridgehead atoms. The summed E-state index contributed by atoms with van der Waals surface area (Å²) < 4.78 is 12.9. The van der Waals surface area contributed by atoms with Crippen LogP contribution in [-0.4, -0.2) is 25.1 Å². The molecule has 3 heterocycles. The average molecular weight is 316 g/mol. The zero-order valence-electron chi connectivity index (χ0n) is 12.0. The lowest BCUT2D eigenvalue weighted by molar-refractivity contribution is 0.519. The van der Waals surface area contributed by atoms with Gasteiger partial charge in [-0.15, -0.1) is 11.3 Å². The van der Waals surface area contributed by atoms with Crippen LogP contribution < -0.4 is 5.32 Å². The predicted molar refractivity (Wildman–Crippen MR) is 81.7 cm³/mol. The van der Waals surface area contributed by atoms with Gasteiger partial charge in [-0.25, -0.2) is 19.3 Å². The highest BCUT2D eigenvalue weighted by Crippen LogP contribution is 2.46. The van der Waals surface area contributed by atoms with Crippen molar-refractivity contribution in [1.29, 1.82) is 0 Å². The molecule has 0 atom stereocenters. The molecule has 112 valence electrons. The number of aromatic amines is 1. The molecule has 22 heavy (non-hydrogen) atoms. The molecule has 2 N–H and O–H groups in total. The summed E-state index contributed by atoms with van der Waals surface area (Å²) in [6, 6.07) is 0. The summed E-state index contributed by atoms with van der Waals surface area (Å²) >= 11 is 1.57. The van der Waals surface area contributed by atoms with Gasteiger partial charge in [0, 0.05) is 21.5 Å². The van der Waals surface area contributed by atoms with Crippen molar-refractivity contribution in [3.8, 4) is 11.3 Å². The summed E-state index contributed by atoms with van der Waals surface area (Å²) in [5.74, 6) is -0.133. The van der Waals surface area contributed by atoms with Gasteiger partial charge in [0.15, 0.2) is 10.9 Å². The lowest BCUT2D eigenvalue weighted by Crippen LogP contribution is -2.23. The van der Waals surface area contributed by atoms with E-state index in [1.54, 1.807) is 17.5 Å². The molecule has 0 aromatic carbocycles. The Hall–Kier alpha value is -2.35. The minimum Gasteiger partial charge on any atom is -0.300 e. The SMILES string of the molecule is CC1(C)Cc2[nH]ncc2-c2nc(Nc3ncc(F)cn3)sc21. The molecule has 3 aromatic rings. The van der Waals surface area contributed by atoms with Crippen molar-refractivity contribution in [2.75, 3.05) is 5.32 Å². The summed E-state index contributed by atoms with van der Waals surface area (Å²) in [6.07, 6.45) is 4.95. The molecule has 0 unspecified atom stereocenters. The van der Waals surface area contributed by atoms with Crippen LogP contribution in [0.25, 0.3) is 11.3 Å². The van der Waals surface area contributed by atoms with Crippen molar-refractivity contribution < 1.29 is 4.39 Å². The van der Waals surface area contributed by atoms with Crippen molar-refractivity contribution in [1.82, 2.24) is 25.1 Å². The molecule has 0 saturated heterocycles. The molecule has 1 aliphatic rings. The van der Waals surface area contributed by atoms with Gasteiger partial charge in [0.05, 0.1) is 24.3 Å². The molecule has 0 radical (unpaired) electrons. The first-order valence-electron chi connectivity index (χ1n) is 6.81. The molecule has 0 amide bonds. The number of thiazole rings is 1. The molecular formula is C14H13FN6S. The van der Waals surface area contributed by atoms with Crippen LogP contribution in [0.15, 0.2) is 18.6 Å². The smallest absolute Gasteiger partial charge is 0.229 e. The fourth-order valence-electron chi connectivity index (χ4n) is 2.66. The Morgan fingerprint density at radius 3 is 2.82 bits per heavy atom. The first-order valence-corrected chi connectivity index (χ1v) is 7.63. The van der Waals surface area contributed by atoms with E-state index in [1.807, 2.05) is 0 Å². The van der Waals surface area contributed by atoms with Crippen LogP contribution >= 0.6 is 11.3 Å². The van der Waals surface area contributed by atoms with Gasteiger partial charge < -0.3 is 5.32 Å². The second-order valence-electron chi connectivity index (χ2n) is 5.87. The van der Waals surface area contributed by atoms with Crippen molar-refractivity contribution in [3.63, 3.8) is 0 Å². The number of hydrogen-bond acceptors (Lipinski definition) is 6. The van der Waals surface area contributed by atoms with E-state index in [9.17, 15) is 4.39 Å². The third-order valence-electron chi connectivity index (χ3n) is 3.67. The monoisotopic (exact) mass is 316 g/mol. The molecule has 1 aliphatic carbocycles. The van der Waals surface area contributed by atoms with Gasteiger partial charge in [-0.05, 0) is 6.42 Å². The van der Waals surface area contributed by atoms with Gasteiger partial charge >= 0.3 is 0 Å². The standard InChI is InChI=1S/C14H13FN6S/c1-14(2)3-9-8(6-18-21-9)10-11(14)22-13(19-10)20-12-16-4-7(15)5-17-12/h4-6H,3H2,1-2H3,(H,18,21)(H,16,17,19,20). The van der Waals surface area contributed by atoms with E-state index >= 15 is 0 Å². The third-order valence-corrected chi connectivity index (χ3v) is 5.01. The molecule has 6 nitrogen and oxygen atoms in total. The van der Waals surface area contributed by atoms with Crippen LogP contribution in [0.1, 0.15) is 24.4 Å². The van der Waals surface area contributed by atoms with Crippen molar-refractivity contribution in [3.05, 3.63) is 35.0 Å². The van der Waals surface area contributed by atoms with Gasteiger partial charge in [0.2, 0.25) is 5.95 Å². The zero-order chi connectivity index (χ0) is 15.3. The highest BCUT2D eigenvalue weighted by Gasteiger charge is 2.35. The number of aromatic nitrogens is 5. The second-order valence-corrected chi connectivity index (χ2v) is 6.87. The Bertz CT molecular complexity index is 835. The van der Waals surface area contributed by atoms with Crippen LogP contribution in [0.4, 0.5) is 15.5 Å². The van der Waals surface area contributed by atoms with E-state index in [0.29, 0.717) is 11.1 Å². The largest absolute Gasteiger partial charge is 0.300 e. The summed E-state index contributed by atoms with van der Waals surface area (Å²) in [7, 11) is 0. The lowest BCUT2D eigenvalue weighted by Gasteiger charge is -2.27. The molecule has 0 fully saturated rings. The molecule has 4 rings (SSSR count). The van der Waals surface area contributed by atoms with Gasteiger partial charge in [-0.1, -0.05) is 13.8 Å². The van der Waals surface area contributed by atoms with Crippen LogP contribution in [0, 0.1) is 5.82 Å². The zero-order valence-corrected chi connectivity index (χ0v) is 12.8. The number of H-pyrrole nitrogens is 1. The number of rotatable bonds is 2. The molecule has 0 saturated carbocycles. The predicted octanol–water partition coefficient (Wildman–Crippen LogP) is 3.04. The minimum absolute atomic E-state index is 0.0177. The maximum Gasteiger partial charge on any atom is 0.229 e. The minimum atomic E-state index is -0.465. The maximum atomic E-state index is 12.9. The van der Waals surface area contributed by atoms with E-state index in [4.69, 9.17) is 0 Å². The molecule has 0 aliphatic heterocycles. The van der Waals surface area contributed by atoms with Crippen molar-refractivity contribution in [2.45, 2.75) is 25.7 Å². The van der Waals surface area contributed by atoms with Gasteiger partial charge in [-0.2, -0.15) is 5.10 Å². The molecule has 0 spiro atoms. The third kappa shape index (κ3) is 2.07. The van der Waals surface area contributed by atoms with E-state index < -0.39 is 5.82 Å². The highest BCUT2D eigenvalue weighted by molar-refractivity contribution is 7.16. The van der Waals surface area contributed by atoms with Crippen LogP contribution in [-0.2, 0) is 11.8 Å². The van der Waals surface area contributed by atoms with E-state index in [0.717, 1.165) is 35.8 Å². The number of nitrogens with one attached hydrogen (secondary N) is 2. The number of fused-ring (bicyclic) bond motifs is 3. The van der Waals surface area contributed by atoms with Crippen molar-refractivity contribution in [2.24, 2.45) is 0 Å². The van der Waals surface area contributed by atoms with E-state index in [-0.39, 0.29) is 5.41 Å². The van der Waals surface area contributed by atoms with Crippen LogP contribution in [0.2, 0.25) is 0 Å². The summed E-state index contributed by atoms with van der Waals surface area (Å²) in [5.41, 5.74) is 3.07. The number of nitrogens with zero attached hydrogens (tertiary/aromatic N) is 4. The number of hydrogen-bond donors (Lipinski definition) is 2. The Morgan fingerprint density at radius 2 is 2.05 bits per heavy atom. The van der Waals surface area contributed by atoms with E-state index in [1.165, 1.54) is 4.88 Å². The van der Waals surface area contributed by atoms with Crippen molar-refractivity contribution >= 4 is 22.4 Å². The summed E-state index contributed by atoms with van der Waals surface area (Å²) in [5, 5.41) is 10.9. The molecule has 3 aromatic heterocycles. The molecular weight excluding hydrogens is 303 g/mol. The van der Waals surface area contributed by atoms with Crippen LogP contribution in [0.5, 0.6) is 0 Å². The number of halogens is 1. The topological polar surface area (TPSA) is 79.4 Å². The van der Waals surface area contributed by atoms with Gasteiger partial charge in [0.25, 0.3) is 0 Å². The quantitative estimate of drug-likeness (QED) is 0.759. The fraction of sp³-hybridized carbons (Fsp3) is 0.286. The van der Waals surface area contributed by atoms with Gasteiger partial charge in [-0.3, -0.25) is 5.10 Å². The Morgan fingerprint density at radius 1 is 1.27 bits per heavy atom. The van der Waals surface area contributed by atoms with Crippen LogP contribution in [0.3, 0.4) is 0 Å². The summed E-state index contributed by atoms with van der Waals surface area (Å²) in [6.45, 7) is 4.37. The van der Waals surface area contributed by atoms with E-state index in [2.05, 4.69) is 44.3 Å². The fourth-order valence-corrected chi connectivity index (χ4v) is 3.73. The highest BCUT2D eigenvalue weighted by atomic mass is 32.1. The maximum absolute atomic E-state index is 12.9. The first kappa shape index (κ1) is 13.3. The first-order chi connectivity index (χ1) is 10.5. The second kappa shape index (κ2) is 4.57. The summed E-state index contributed by atoms with van der Waals surface area (Å²) in [4.78, 5) is 13.7. The Balaban J connectivity index is 1.75. The normalized spacial score (nSPS) is 15.2. The molecule has 8 heteroatoms. The van der Waals surface area contributed by atoms with Gasteiger partial charge in [0.1, 0.15) is 0 Å². The Kier molecular flexibility index (Phi) is 2.77.